The van der Waals surface area contributed by atoms with E-state index in [4.69, 9.17) is 4.74 Å². The molecule has 0 radical (unpaired) electrons. The number of benzene rings is 3. The van der Waals surface area contributed by atoms with Gasteiger partial charge in [0, 0.05) is 23.4 Å². The number of amides is 1. The third kappa shape index (κ3) is 4.99. The molecule has 2 N–H and O–H groups in total. The van der Waals surface area contributed by atoms with Crippen molar-refractivity contribution in [2.24, 2.45) is 0 Å². The van der Waals surface area contributed by atoms with E-state index in [1.165, 1.54) is 24.3 Å². The summed E-state index contributed by atoms with van der Waals surface area (Å²) in [5.41, 5.74) is 3.80. The van der Waals surface area contributed by atoms with Crippen molar-refractivity contribution < 1.29 is 17.9 Å². The Hall–Kier alpha value is -3.32. The van der Waals surface area contributed by atoms with Gasteiger partial charge in [-0.15, -0.1) is 0 Å². The van der Waals surface area contributed by atoms with Gasteiger partial charge in [0.2, 0.25) is 0 Å². The van der Waals surface area contributed by atoms with E-state index in [0.717, 1.165) is 16.7 Å². The summed E-state index contributed by atoms with van der Waals surface area (Å²) in [6.45, 7) is 4.19. The largest absolute Gasteiger partial charge is 0.496 e. The maximum absolute atomic E-state index is 12.6. The molecule has 0 aliphatic carbocycles. The molecule has 7 heteroatoms. The second-order valence-corrected chi connectivity index (χ2v) is 8.61. The second-order valence-electron chi connectivity index (χ2n) is 6.92. The summed E-state index contributed by atoms with van der Waals surface area (Å²) in [5.74, 6) is 0.392. The van der Waals surface area contributed by atoms with Gasteiger partial charge in [0.1, 0.15) is 5.75 Å². The van der Waals surface area contributed by atoms with Gasteiger partial charge < -0.3 is 10.1 Å². The van der Waals surface area contributed by atoms with Crippen LogP contribution in [0.25, 0.3) is 0 Å². The molecule has 0 heterocycles. The third-order valence-corrected chi connectivity index (χ3v) is 6.22. The Bertz CT molecular complexity index is 1160. The first-order valence-corrected chi connectivity index (χ1v) is 10.9. The lowest BCUT2D eigenvalue weighted by atomic mass is 10.1. The van der Waals surface area contributed by atoms with Crippen molar-refractivity contribution >= 4 is 21.6 Å². The van der Waals surface area contributed by atoms with Gasteiger partial charge in [-0.05, 0) is 67.4 Å². The Morgan fingerprint density at radius 3 is 2.30 bits per heavy atom. The minimum atomic E-state index is -3.75. The highest BCUT2D eigenvalue weighted by Gasteiger charge is 2.16. The van der Waals surface area contributed by atoms with Crippen LogP contribution in [0.3, 0.4) is 0 Å². The Morgan fingerprint density at radius 1 is 0.933 bits per heavy atom. The number of carbonyl (C=O) groups is 1. The van der Waals surface area contributed by atoms with Crippen LogP contribution in [0, 0.1) is 13.8 Å². The molecule has 0 bridgehead atoms. The monoisotopic (exact) mass is 424 g/mol. The molecule has 0 unspecified atom stereocenters. The molecule has 0 saturated heterocycles. The van der Waals surface area contributed by atoms with Crippen LogP contribution in [0.15, 0.2) is 71.6 Å². The summed E-state index contributed by atoms with van der Waals surface area (Å²) in [4.78, 5) is 12.5. The molecule has 30 heavy (non-hydrogen) atoms. The average molecular weight is 425 g/mol. The van der Waals surface area contributed by atoms with Gasteiger partial charge in [0.15, 0.2) is 0 Å². The van der Waals surface area contributed by atoms with E-state index >= 15 is 0 Å². The number of nitrogens with one attached hydrogen (secondary N) is 2. The minimum Gasteiger partial charge on any atom is -0.496 e. The molecule has 156 valence electrons. The number of anilines is 1. The lowest BCUT2D eigenvalue weighted by Gasteiger charge is -2.11. The van der Waals surface area contributed by atoms with Crippen LogP contribution < -0.4 is 14.8 Å². The van der Waals surface area contributed by atoms with E-state index in [2.05, 4.69) is 10.0 Å². The zero-order valence-corrected chi connectivity index (χ0v) is 17.9. The fourth-order valence-electron chi connectivity index (χ4n) is 2.93. The van der Waals surface area contributed by atoms with Crippen LogP contribution in [0.2, 0.25) is 0 Å². The zero-order chi connectivity index (χ0) is 21.7. The van der Waals surface area contributed by atoms with Crippen LogP contribution in [-0.2, 0) is 16.6 Å². The molecule has 0 aromatic heterocycles. The van der Waals surface area contributed by atoms with Crippen molar-refractivity contribution in [2.75, 3.05) is 11.8 Å². The molecule has 0 fully saturated rings. The Balaban J connectivity index is 1.68. The number of hydrogen-bond donors (Lipinski definition) is 2. The standard InChI is InChI=1S/C23H24N2O4S/c1-16-8-11-20(14-17(16)2)25-30(27,28)21-12-9-18(10-13-21)23(26)24-15-19-6-4-5-7-22(19)29-3/h4-14,25H,15H2,1-3H3,(H,24,26). The van der Waals surface area contributed by atoms with Crippen molar-refractivity contribution in [1.29, 1.82) is 0 Å². The van der Waals surface area contributed by atoms with Gasteiger partial charge in [-0.2, -0.15) is 0 Å². The van der Waals surface area contributed by atoms with E-state index in [9.17, 15) is 13.2 Å². The summed E-state index contributed by atoms with van der Waals surface area (Å²) < 4.78 is 33.1. The van der Waals surface area contributed by atoms with Gasteiger partial charge >= 0.3 is 0 Å². The number of sulfonamides is 1. The van der Waals surface area contributed by atoms with Crippen molar-refractivity contribution in [3.8, 4) is 5.75 Å². The van der Waals surface area contributed by atoms with Gasteiger partial charge in [0.05, 0.1) is 12.0 Å². The van der Waals surface area contributed by atoms with E-state index in [1.54, 1.807) is 19.2 Å². The topological polar surface area (TPSA) is 84.5 Å². The van der Waals surface area contributed by atoms with Crippen LogP contribution in [-0.4, -0.2) is 21.4 Å². The van der Waals surface area contributed by atoms with Crippen molar-refractivity contribution in [3.05, 3.63) is 89.0 Å². The lowest BCUT2D eigenvalue weighted by molar-refractivity contribution is 0.0950. The van der Waals surface area contributed by atoms with Crippen LogP contribution in [0.5, 0.6) is 5.75 Å². The van der Waals surface area contributed by atoms with Crippen LogP contribution in [0.4, 0.5) is 5.69 Å². The Kier molecular flexibility index (Phi) is 6.42. The third-order valence-electron chi connectivity index (χ3n) is 4.82. The summed E-state index contributed by atoms with van der Waals surface area (Å²) in [7, 11) is -2.17. The molecule has 0 saturated carbocycles. The fraction of sp³-hybridized carbons (Fsp3) is 0.174. The van der Waals surface area contributed by atoms with Crippen LogP contribution in [0.1, 0.15) is 27.0 Å². The summed E-state index contributed by atoms with van der Waals surface area (Å²) in [6, 6.07) is 18.6. The summed E-state index contributed by atoms with van der Waals surface area (Å²) >= 11 is 0. The fourth-order valence-corrected chi connectivity index (χ4v) is 3.98. The Labute approximate surface area is 177 Å². The number of ether oxygens (including phenoxy) is 1. The van der Waals surface area contributed by atoms with E-state index in [0.29, 0.717) is 23.5 Å². The molecule has 1 amide bonds. The number of methoxy groups -OCH3 is 1. The molecule has 3 aromatic carbocycles. The summed E-state index contributed by atoms with van der Waals surface area (Å²) in [5, 5.41) is 2.82. The number of hydrogen-bond acceptors (Lipinski definition) is 4. The van der Waals surface area contributed by atoms with Crippen molar-refractivity contribution in [2.45, 2.75) is 25.3 Å². The van der Waals surface area contributed by atoms with Gasteiger partial charge in [0.25, 0.3) is 15.9 Å². The molecule has 0 atom stereocenters. The molecule has 3 rings (SSSR count). The first kappa shape index (κ1) is 21.4. The minimum absolute atomic E-state index is 0.0852. The highest BCUT2D eigenvalue weighted by Crippen LogP contribution is 2.20. The molecule has 6 nitrogen and oxygen atoms in total. The number of aryl methyl sites for hydroxylation is 2. The lowest BCUT2D eigenvalue weighted by Crippen LogP contribution is -2.23. The predicted molar refractivity (Wildman–Crippen MR) is 117 cm³/mol. The molecule has 0 aliphatic rings. The SMILES string of the molecule is COc1ccccc1CNC(=O)c1ccc(S(=O)(=O)Nc2ccc(C)c(C)c2)cc1. The highest BCUT2D eigenvalue weighted by atomic mass is 32.2. The second kappa shape index (κ2) is 9.00. The van der Waals surface area contributed by atoms with Crippen molar-refractivity contribution in [1.82, 2.24) is 5.32 Å². The summed E-state index contributed by atoms with van der Waals surface area (Å²) in [6.07, 6.45) is 0. The molecular formula is C23H24N2O4S. The highest BCUT2D eigenvalue weighted by molar-refractivity contribution is 7.92. The maximum Gasteiger partial charge on any atom is 0.261 e. The smallest absolute Gasteiger partial charge is 0.261 e. The molecular weight excluding hydrogens is 400 g/mol. The van der Waals surface area contributed by atoms with Crippen LogP contribution >= 0.6 is 0 Å². The van der Waals surface area contributed by atoms with Gasteiger partial charge in [-0.1, -0.05) is 24.3 Å². The average Bonchev–Trinajstić information content (AvgIpc) is 2.74. The molecule has 3 aromatic rings. The zero-order valence-electron chi connectivity index (χ0n) is 17.1. The molecule has 0 aliphatic heterocycles. The molecule has 0 spiro atoms. The van der Waals surface area contributed by atoms with E-state index in [1.807, 2.05) is 44.2 Å². The first-order valence-electron chi connectivity index (χ1n) is 9.40. The van der Waals surface area contributed by atoms with E-state index < -0.39 is 10.0 Å². The van der Waals surface area contributed by atoms with Gasteiger partial charge in [-0.25, -0.2) is 8.42 Å². The van der Waals surface area contributed by atoms with Crippen molar-refractivity contribution in [3.63, 3.8) is 0 Å². The number of para-hydroxylation sites is 1. The normalized spacial score (nSPS) is 11.0. The van der Waals surface area contributed by atoms with E-state index in [-0.39, 0.29) is 10.8 Å². The maximum atomic E-state index is 12.6. The quantitative estimate of drug-likeness (QED) is 0.599. The van der Waals surface area contributed by atoms with Gasteiger partial charge in [-0.3, -0.25) is 9.52 Å². The first-order chi connectivity index (χ1) is 14.3. The number of rotatable bonds is 7. The predicted octanol–water partition coefficient (Wildman–Crippen LogP) is 4.04. The Morgan fingerprint density at radius 2 is 1.63 bits per heavy atom. The number of carbonyl (C=O) groups excluding carboxylic acids is 1.